The third-order valence-corrected chi connectivity index (χ3v) is 5.73. The molecule has 2 amide bonds. The Kier molecular flexibility index (Phi) is 6.12. The predicted molar refractivity (Wildman–Crippen MR) is 115 cm³/mol. The maximum absolute atomic E-state index is 13.1. The van der Waals surface area contributed by atoms with Crippen molar-refractivity contribution in [3.63, 3.8) is 0 Å². The highest BCUT2D eigenvalue weighted by Crippen LogP contribution is 2.20. The van der Waals surface area contributed by atoms with Gasteiger partial charge in [-0.2, -0.15) is 0 Å². The largest absolute Gasteiger partial charge is 0.382 e. The van der Waals surface area contributed by atoms with E-state index in [0.29, 0.717) is 12.8 Å². The van der Waals surface area contributed by atoms with E-state index in [1.165, 1.54) is 0 Å². The van der Waals surface area contributed by atoms with E-state index in [1.54, 1.807) is 0 Å². The van der Waals surface area contributed by atoms with Crippen molar-refractivity contribution in [1.82, 2.24) is 10.2 Å². The second-order valence-corrected chi connectivity index (χ2v) is 7.93. The molecule has 2 atom stereocenters. The van der Waals surface area contributed by atoms with Gasteiger partial charge in [0.15, 0.2) is 0 Å². The fourth-order valence-corrected chi connectivity index (χ4v) is 4.05. The molecule has 0 saturated carbocycles. The Morgan fingerprint density at radius 3 is 2.53 bits per heavy atom. The SMILES string of the molecule is Cc1ccccc1C1=NO[C@@H](C(=O)N[C@@H](Cc2ccccc2)C(=O)N2CCCC2)C1. The van der Waals surface area contributed by atoms with Crippen molar-refractivity contribution in [3.05, 3.63) is 71.3 Å². The van der Waals surface area contributed by atoms with Gasteiger partial charge in [-0.15, -0.1) is 0 Å². The number of benzene rings is 2. The maximum Gasteiger partial charge on any atom is 0.265 e. The van der Waals surface area contributed by atoms with Crippen molar-refractivity contribution in [3.8, 4) is 0 Å². The standard InChI is InChI=1S/C24H27N3O3/c1-17-9-5-6-12-19(17)20-16-22(30-26-20)23(28)25-21(15-18-10-3-2-4-11-18)24(29)27-13-7-8-14-27/h2-6,9-12,21-22H,7-8,13-16H2,1H3,(H,25,28)/t21-,22+/m0/s1. The van der Waals surface area contributed by atoms with E-state index < -0.39 is 12.1 Å². The van der Waals surface area contributed by atoms with Gasteiger partial charge in [0.1, 0.15) is 6.04 Å². The quantitative estimate of drug-likeness (QED) is 0.803. The van der Waals surface area contributed by atoms with E-state index in [2.05, 4.69) is 10.5 Å². The normalized spacial score (nSPS) is 19.2. The molecule has 2 heterocycles. The molecule has 30 heavy (non-hydrogen) atoms. The molecule has 0 radical (unpaired) electrons. The lowest BCUT2D eigenvalue weighted by Crippen LogP contribution is -2.51. The molecule has 6 nitrogen and oxygen atoms in total. The minimum Gasteiger partial charge on any atom is -0.382 e. The molecular formula is C24H27N3O3. The first-order valence-corrected chi connectivity index (χ1v) is 10.5. The van der Waals surface area contributed by atoms with Crippen LogP contribution in [-0.2, 0) is 20.8 Å². The molecule has 0 aliphatic carbocycles. The van der Waals surface area contributed by atoms with Crippen molar-refractivity contribution in [2.24, 2.45) is 5.16 Å². The van der Waals surface area contributed by atoms with Gasteiger partial charge in [0, 0.05) is 31.5 Å². The van der Waals surface area contributed by atoms with Crippen LogP contribution in [0.4, 0.5) is 0 Å². The van der Waals surface area contributed by atoms with E-state index in [9.17, 15) is 9.59 Å². The molecule has 2 aromatic carbocycles. The summed E-state index contributed by atoms with van der Waals surface area (Å²) >= 11 is 0. The highest BCUT2D eigenvalue weighted by Gasteiger charge is 2.34. The number of oxime groups is 1. The summed E-state index contributed by atoms with van der Waals surface area (Å²) in [4.78, 5) is 33.3. The molecule has 0 bridgehead atoms. The number of hydrogen-bond donors (Lipinski definition) is 1. The van der Waals surface area contributed by atoms with Crippen LogP contribution in [0.3, 0.4) is 0 Å². The first-order chi connectivity index (χ1) is 14.6. The van der Waals surface area contributed by atoms with E-state index in [4.69, 9.17) is 4.84 Å². The summed E-state index contributed by atoms with van der Waals surface area (Å²) < 4.78 is 0. The number of rotatable bonds is 6. The predicted octanol–water partition coefficient (Wildman–Crippen LogP) is 2.84. The van der Waals surface area contributed by atoms with Gasteiger partial charge in [0.2, 0.25) is 12.0 Å². The zero-order valence-corrected chi connectivity index (χ0v) is 17.2. The van der Waals surface area contributed by atoms with Crippen molar-refractivity contribution >= 4 is 17.5 Å². The van der Waals surface area contributed by atoms with Gasteiger partial charge in [-0.3, -0.25) is 9.59 Å². The molecular weight excluding hydrogens is 378 g/mol. The van der Waals surface area contributed by atoms with Crippen molar-refractivity contribution in [2.75, 3.05) is 13.1 Å². The maximum atomic E-state index is 13.1. The molecule has 1 fully saturated rings. The minimum absolute atomic E-state index is 0.0252. The lowest BCUT2D eigenvalue weighted by molar-refractivity contribution is -0.139. The monoisotopic (exact) mass is 405 g/mol. The summed E-state index contributed by atoms with van der Waals surface area (Å²) in [7, 11) is 0. The fourth-order valence-electron chi connectivity index (χ4n) is 4.05. The highest BCUT2D eigenvalue weighted by molar-refractivity contribution is 6.05. The van der Waals surface area contributed by atoms with Crippen LogP contribution in [-0.4, -0.2) is 47.7 Å². The second kappa shape index (κ2) is 9.11. The zero-order valence-electron chi connectivity index (χ0n) is 17.2. The van der Waals surface area contributed by atoms with Crippen molar-refractivity contribution < 1.29 is 14.4 Å². The van der Waals surface area contributed by atoms with Crippen LogP contribution in [0.1, 0.15) is 36.0 Å². The first kappa shape index (κ1) is 20.1. The van der Waals surface area contributed by atoms with Crippen LogP contribution in [0.2, 0.25) is 0 Å². The van der Waals surface area contributed by atoms with Gasteiger partial charge in [-0.05, 0) is 30.9 Å². The summed E-state index contributed by atoms with van der Waals surface area (Å²) in [6.07, 6.45) is 2.16. The number of carbonyl (C=O) groups is 2. The number of likely N-dealkylation sites (tertiary alicyclic amines) is 1. The second-order valence-electron chi connectivity index (χ2n) is 7.93. The molecule has 2 aliphatic heterocycles. The minimum atomic E-state index is -0.718. The number of nitrogens with zero attached hydrogens (tertiary/aromatic N) is 2. The van der Waals surface area contributed by atoms with Gasteiger partial charge in [-0.25, -0.2) is 0 Å². The average Bonchev–Trinajstić information content (AvgIpc) is 3.46. The Bertz CT molecular complexity index is 936. The van der Waals surface area contributed by atoms with Gasteiger partial charge in [0.25, 0.3) is 5.91 Å². The number of hydrogen-bond acceptors (Lipinski definition) is 4. The van der Waals surface area contributed by atoms with Crippen LogP contribution in [0.25, 0.3) is 0 Å². The number of nitrogens with one attached hydrogen (secondary N) is 1. The molecule has 0 spiro atoms. The van der Waals surface area contributed by atoms with Crippen molar-refractivity contribution in [1.29, 1.82) is 0 Å². The Morgan fingerprint density at radius 1 is 1.10 bits per heavy atom. The molecule has 2 aromatic rings. The summed E-state index contributed by atoms with van der Waals surface area (Å²) in [5.41, 5.74) is 3.85. The fraction of sp³-hybridized carbons (Fsp3) is 0.375. The molecule has 0 aromatic heterocycles. The van der Waals surface area contributed by atoms with Gasteiger partial charge in [-0.1, -0.05) is 59.8 Å². The molecule has 1 saturated heterocycles. The smallest absolute Gasteiger partial charge is 0.265 e. The summed E-state index contributed by atoms with van der Waals surface area (Å²) in [5.74, 6) is -0.321. The Morgan fingerprint density at radius 2 is 1.80 bits per heavy atom. The van der Waals surface area contributed by atoms with E-state index >= 15 is 0 Å². The molecule has 4 rings (SSSR count). The Labute approximate surface area is 176 Å². The Balaban J connectivity index is 1.44. The third kappa shape index (κ3) is 4.53. The van der Waals surface area contributed by atoms with Crippen LogP contribution < -0.4 is 5.32 Å². The lowest BCUT2D eigenvalue weighted by Gasteiger charge is -2.25. The van der Waals surface area contributed by atoms with Gasteiger partial charge >= 0.3 is 0 Å². The highest BCUT2D eigenvalue weighted by atomic mass is 16.6. The van der Waals surface area contributed by atoms with E-state index in [0.717, 1.165) is 48.3 Å². The van der Waals surface area contributed by atoms with Crippen LogP contribution in [0.5, 0.6) is 0 Å². The molecule has 6 heteroatoms. The number of aryl methyl sites for hydroxylation is 1. The molecule has 0 unspecified atom stereocenters. The zero-order chi connectivity index (χ0) is 20.9. The van der Waals surface area contributed by atoms with Crippen molar-refractivity contribution in [2.45, 2.75) is 44.8 Å². The van der Waals surface area contributed by atoms with Gasteiger partial charge < -0.3 is 15.1 Å². The lowest BCUT2D eigenvalue weighted by atomic mass is 9.99. The topological polar surface area (TPSA) is 71.0 Å². The van der Waals surface area contributed by atoms with Crippen LogP contribution in [0.15, 0.2) is 59.8 Å². The molecule has 156 valence electrons. The first-order valence-electron chi connectivity index (χ1n) is 10.5. The summed E-state index contributed by atoms with van der Waals surface area (Å²) in [6, 6.07) is 17.1. The summed E-state index contributed by atoms with van der Waals surface area (Å²) in [5, 5.41) is 7.09. The summed E-state index contributed by atoms with van der Waals surface area (Å²) in [6.45, 7) is 3.51. The average molecular weight is 405 g/mol. The Hall–Kier alpha value is -3.15. The molecule has 1 N–H and O–H groups in total. The van der Waals surface area contributed by atoms with E-state index in [-0.39, 0.29) is 11.8 Å². The van der Waals surface area contributed by atoms with Crippen LogP contribution >= 0.6 is 0 Å². The third-order valence-electron chi connectivity index (χ3n) is 5.73. The van der Waals surface area contributed by atoms with E-state index in [1.807, 2.05) is 66.4 Å². The number of amides is 2. The number of carbonyl (C=O) groups excluding carboxylic acids is 2. The van der Waals surface area contributed by atoms with Crippen LogP contribution in [0, 0.1) is 6.92 Å². The van der Waals surface area contributed by atoms with Gasteiger partial charge in [0.05, 0.1) is 5.71 Å². The molecule has 2 aliphatic rings.